The number of likely N-dealkylation sites (tertiary alicyclic amines) is 2. The summed E-state index contributed by atoms with van der Waals surface area (Å²) >= 11 is 12.3. The minimum absolute atomic E-state index is 0.0833. The average molecular weight is 518 g/mol. The normalized spacial score (nSPS) is 28.1. The predicted octanol–water partition coefficient (Wildman–Crippen LogP) is 3.45. The number of nitrogens with zero attached hydrogens (tertiary/aromatic N) is 3. The Morgan fingerprint density at radius 1 is 0.771 bits per heavy atom. The van der Waals surface area contributed by atoms with Crippen LogP contribution in [-0.2, 0) is 19.2 Å². The van der Waals surface area contributed by atoms with Crippen LogP contribution in [0.4, 0.5) is 5.69 Å². The molecule has 1 aromatic rings. The van der Waals surface area contributed by atoms with Crippen LogP contribution in [-0.4, -0.2) is 53.9 Å². The van der Waals surface area contributed by atoms with E-state index in [9.17, 15) is 19.2 Å². The van der Waals surface area contributed by atoms with Crippen LogP contribution in [0.1, 0.15) is 25.7 Å². The van der Waals surface area contributed by atoms with Crippen molar-refractivity contribution in [2.24, 2.45) is 23.7 Å². The zero-order valence-corrected chi connectivity index (χ0v) is 20.7. The quantitative estimate of drug-likeness (QED) is 0.537. The fraction of sp³-hybridized carbons (Fsp3) is 0.440. The van der Waals surface area contributed by atoms with Crippen LogP contribution < -0.4 is 9.64 Å². The highest BCUT2D eigenvalue weighted by atomic mass is 35.5. The Bertz CT molecular complexity index is 1080. The lowest BCUT2D eigenvalue weighted by atomic mass is 9.85. The van der Waals surface area contributed by atoms with E-state index in [1.807, 2.05) is 0 Å². The molecule has 0 N–H and O–H groups in total. The number of methoxy groups -OCH3 is 1. The predicted molar refractivity (Wildman–Crippen MR) is 129 cm³/mol. The van der Waals surface area contributed by atoms with E-state index in [0.29, 0.717) is 47.2 Å². The molecule has 10 heteroatoms. The van der Waals surface area contributed by atoms with Gasteiger partial charge in [0.1, 0.15) is 19.1 Å². The molecule has 2 heterocycles. The summed E-state index contributed by atoms with van der Waals surface area (Å²) in [7, 11) is 1.55. The molecule has 0 radical (unpaired) electrons. The molecule has 2 aliphatic heterocycles. The minimum Gasteiger partial charge on any atom is -0.497 e. The summed E-state index contributed by atoms with van der Waals surface area (Å²) in [6.07, 6.45) is 5.12. The minimum atomic E-state index is -0.483. The number of ether oxygens (including phenoxy) is 1. The van der Waals surface area contributed by atoms with Crippen molar-refractivity contribution < 1.29 is 23.9 Å². The molecule has 4 aliphatic rings. The summed E-state index contributed by atoms with van der Waals surface area (Å²) in [5.74, 6) is -2.29. The molecule has 0 bridgehead atoms. The SMILES string of the molecule is COc1ccc(N(CN2C(=O)C3CC=C(Cl)CC3C2=O)CN2C(=O)C3CC=C(Cl)CC3C2=O)cc1. The van der Waals surface area contributed by atoms with Crippen LogP contribution in [0.5, 0.6) is 5.75 Å². The number of carbonyl (C=O) groups excluding carboxylic acids is 4. The Hall–Kier alpha value is -2.84. The van der Waals surface area contributed by atoms with Crippen molar-refractivity contribution in [1.29, 1.82) is 0 Å². The van der Waals surface area contributed by atoms with E-state index in [-0.39, 0.29) is 37.0 Å². The van der Waals surface area contributed by atoms with Gasteiger partial charge < -0.3 is 9.64 Å². The molecule has 2 saturated heterocycles. The Morgan fingerprint density at radius 3 is 1.63 bits per heavy atom. The maximum Gasteiger partial charge on any atom is 0.234 e. The summed E-state index contributed by atoms with van der Waals surface area (Å²) in [6.45, 7) is -0.167. The molecule has 0 spiro atoms. The number of hydrogen-bond donors (Lipinski definition) is 0. The Morgan fingerprint density at radius 2 is 1.20 bits per heavy atom. The molecular formula is C25H25Cl2N3O5. The van der Waals surface area contributed by atoms with Gasteiger partial charge in [0.15, 0.2) is 0 Å². The summed E-state index contributed by atoms with van der Waals surface area (Å²) in [5.41, 5.74) is 0.643. The molecular weight excluding hydrogens is 493 g/mol. The van der Waals surface area contributed by atoms with Gasteiger partial charge in [-0.2, -0.15) is 0 Å². The smallest absolute Gasteiger partial charge is 0.234 e. The lowest BCUT2D eigenvalue weighted by molar-refractivity contribution is -0.140. The number of fused-ring (bicyclic) bond motifs is 2. The second-order valence-corrected chi connectivity index (χ2v) is 10.3. The first-order valence-electron chi connectivity index (χ1n) is 11.6. The van der Waals surface area contributed by atoms with Gasteiger partial charge in [-0.05, 0) is 49.9 Å². The summed E-state index contributed by atoms with van der Waals surface area (Å²) in [6, 6.07) is 7.03. The molecule has 2 fully saturated rings. The fourth-order valence-electron chi connectivity index (χ4n) is 5.41. The monoisotopic (exact) mass is 517 g/mol. The van der Waals surface area contributed by atoms with Gasteiger partial charge in [-0.25, -0.2) is 0 Å². The lowest BCUT2D eigenvalue weighted by Crippen LogP contribution is -2.48. The number of allylic oxidation sites excluding steroid dienone is 4. The number of anilines is 1. The van der Waals surface area contributed by atoms with E-state index in [4.69, 9.17) is 27.9 Å². The third-order valence-electron chi connectivity index (χ3n) is 7.38. The molecule has 184 valence electrons. The highest BCUT2D eigenvalue weighted by Crippen LogP contribution is 2.41. The van der Waals surface area contributed by atoms with Gasteiger partial charge in [-0.3, -0.25) is 29.0 Å². The molecule has 35 heavy (non-hydrogen) atoms. The number of halogens is 2. The largest absolute Gasteiger partial charge is 0.497 e. The zero-order chi connectivity index (χ0) is 24.9. The maximum atomic E-state index is 13.2. The molecule has 4 amide bonds. The van der Waals surface area contributed by atoms with Crippen molar-refractivity contribution in [2.75, 3.05) is 25.3 Å². The molecule has 5 rings (SSSR count). The van der Waals surface area contributed by atoms with Crippen LogP contribution in [0.25, 0.3) is 0 Å². The van der Waals surface area contributed by atoms with Crippen LogP contribution in [0.2, 0.25) is 0 Å². The number of imide groups is 2. The first kappa shape index (κ1) is 23.9. The fourth-order valence-corrected chi connectivity index (χ4v) is 5.92. The molecule has 1 aromatic carbocycles. The van der Waals surface area contributed by atoms with Crippen molar-refractivity contribution in [3.63, 3.8) is 0 Å². The molecule has 0 aromatic heterocycles. The van der Waals surface area contributed by atoms with Crippen molar-refractivity contribution in [1.82, 2.24) is 9.80 Å². The summed E-state index contributed by atoms with van der Waals surface area (Å²) in [5, 5.41) is 1.17. The second kappa shape index (κ2) is 9.32. The van der Waals surface area contributed by atoms with E-state index < -0.39 is 23.7 Å². The van der Waals surface area contributed by atoms with Gasteiger partial charge in [-0.1, -0.05) is 35.4 Å². The van der Waals surface area contributed by atoms with E-state index in [2.05, 4.69) is 0 Å². The van der Waals surface area contributed by atoms with Crippen LogP contribution in [0.15, 0.2) is 46.5 Å². The number of carbonyl (C=O) groups is 4. The highest BCUT2D eigenvalue weighted by molar-refractivity contribution is 6.30. The molecule has 2 aliphatic carbocycles. The molecule has 0 saturated carbocycles. The Kier molecular flexibility index (Phi) is 6.36. The third kappa shape index (κ3) is 4.23. The van der Waals surface area contributed by atoms with E-state index in [1.165, 1.54) is 9.80 Å². The third-order valence-corrected chi connectivity index (χ3v) is 8.00. The Balaban J connectivity index is 1.41. The topological polar surface area (TPSA) is 87.2 Å². The van der Waals surface area contributed by atoms with E-state index in [1.54, 1.807) is 48.4 Å². The highest BCUT2D eigenvalue weighted by Gasteiger charge is 2.51. The van der Waals surface area contributed by atoms with Crippen molar-refractivity contribution in [3.8, 4) is 5.75 Å². The van der Waals surface area contributed by atoms with Crippen LogP contribution >= 0.6 is 23.2 Å². The molecule has 8 nitrogen and oxygen atoms in total. The summed E-state index contributed by atoms with van der Waals surface area (Å²) in [4.78, 5) is 56.8. The van der Waals surface area contributed by atoms with Crippen molar-refractivity contribution in [2.45, 2.75) is 25.7 Å². The second-order valence-electron chi connectivity index (χ2n) is 9.34. The standard InChI is InChI=1S/C25H25Cl2N3O5/c1-35-17-6-4-16(5-7-17)28(12-29-22(31)18-8-2-14(26)10-20(18)24(29)33)13-30-23(32)19-9-3-15(27)11-21(19)25(30)34/h2-7,18-21H,8-13H2,1H3. The number of hydrogen-bond acceptors (Lipinski definition) is 6. The van der Waals surface area contributed by atoms with Crippen molar-refractivity contribution >= 4 is 52.5 Å². The molecule has 4 unspecified atom stereocenters. The van der Waals surface area contributed by atoms with Crippen LogP contribution in [0, 0.1) is 23.7 Å². The van der Waals surface area contributed by atoms with Gasteiger partial charge in [0.2, 0.25) is 23.6 Å². The Labute approximate surface area is 213 Å². The number of amides is 4. The van der Waals surface area contributed by atoms with E-state index in [0.717, 1.165) is 0 Å². The van der Waals surface area contributed by atoms with Gasteiger partial charge in [0, 0.05) is 15.8 Å². The average Bonchev–Trinajstić information content (AvgIpc) is 3.23. The van der Waals surface area contributed by atoms with Crippen molar-refractivity contribution in [3.05, 3.63) is 46.5 Å². The van der Waals surface area contributed by atoms with Gasteiger partial charge in [-0.15, -0.1) is 0 Å². The first-order chi connectivity index (χ1) is 16.8. The number of benzene rings is 1. The van der Waals surface area contributed by atoms with Gasteiger partial charge in [0.25, 0.3) is 0 Å². The van der Waals surface area contributed by atoms with Gasteiger partial charge in [0.05, 0.1) is 30.8 Å². The zero-order valence-electron chi connectivity index (χ0n) is 19.2. The maximum absolute atomic E-state index is 13.2. The summed E-state index contributed by atoms with van der Waals surface area (Å²) < 4.78 is 5.24. The van der Waals surface area contributed by atoms with Crippen LogP contribution in [0.3, 0.4) is 0 Å². The molecule has 4 atom stereocenters. The lowest BCUT2D eigenvalue weighted by Gasteiger charge is -2.32. The number of rotatable bonds is 6. The van der Waals surface area contributed by atoms with Gasteiger partial charge >= 0.3 is 0 Å². The van der Waals surface area contributed by atoms with E-state index >= 15 is 0 Å². The first-order valence-corrected chi connectivity index (χ1v) is 12.3.